The van der Waals surface area contributed by atoms with Crippen LogP contribution in [0.5, 0.6) is 0 Å². The summed E-state index contributed by atoms with van der Waals surface area (Å²) in [5.74, 6) is 0.476. The van der Waals surface area contributed by atoms with E-state index in [0.717, 1.165) is 30.3 Å². The lowest BCUT2D eigenvalue weighted by Gasteiger charge is -2.19. The van der Waals surface area contributed by atoms with Gasteiger partial charge in [-0.05, 0) is 49.8 Å². The van der Waals surface area contributed by atoms with Crippen LogP contribution in [0.4, 0.5) is 5.82 Å². The van der Waals surface area contributed by atoms with Crippen molar-refractivity contribution < 1.29 is 10.2 Å². The lowest BCUT2D eigenvalue weighted by atomic mass is 9.97. The summed E-state index contributed by atoms with van der Waals surface area (Å²) in [5, 5.41) is 21.9. The molecule has 0 saturated heterocycles. The molecule has 0 unspecified atom stereocenters. The maximum Gasteiger partial charge on any atom is 0.145 e. The lowest BCUT2D eigenvalue weighted by Crippen LogP contribution is -2.29. The Morgan fingerprint density at radius 3 is 2.81 bits per heavy atom. The summed E-state index contributed by atoms with van der Waals surface area (Å²) in [6, 6.07) is 7.55. The molecule has 0 amide bonds. The van der Waals surface area contributed by atoms with Crippen LogP contribution in [0.1, 0.15) is 31.0 Å². The molecule has 4 rings (SSSR count). The number of rotatable bonds is 5. The average Bonchev–Trinajstić information content (AvgIpc) is 3.20. The van der Waals surface area contributed by atoms with E-state index in [0.29, 0.717) is 17.9 Å². The molecule has 0 bridgehead atoms. The van der Waals surface area contributed by atoms with Crippen LogP contribution >= 0.6 is 0 Å². The molecule has 3 aromatic rings. The number of hydrogen-bond acceptors (Lipinski definition) is 6. The van der Waals surface area contributed by atoms with Crippen LogP contribution in [0.15, 0.2) is 43.0 Å². The predicted octanol–water partition coefficient (Wildman–Crippen LogP) is 1.71. The van der Waals surface area contributed by atoms with Crippen molar-refractivity contribution in [1.82, 2.24) is 19.5 Å². The zero-order valence-electron chi connectivity index (χ0n) is 14.4. The van der Waals surface area contributed by atoms with Gasteiger partial charge in [0.25, 0.3) is 0 Å². The average molecular weight is 353 g/mol. The SMILES string of the molecule is Nc1ncnc2c1ccn2[C@@H]1C[C@H](CCCc2ccccn2)[C@@H](O)[C@H]1O. The fourth-order valence-corrected chi connectivity index (χ4v) is 4.01. The normalized spacial score (nSPS) is 25.8. The summed E-state index contributed by atoms with van der Waals surface area (Å²) >= 11 is 0. The molecule has 136 valence electrons. The standard InChI is InChI=1S/C19H23N5O2/c20-18-14-7-9-24(19(14)23-11-22-18)15-10-12(16(25)17(15)26)4-3-6-13-5-1-2-8-21-13/h1-2,5,7-9,11-12,15-17,25-26H,3-4,6,10H2,(H2,20,22,23)/t12-,15+,16+,17-/m0/s1. The highest BCUT2D eigenvalue weighted by Gasteiger charge is 2.42. The van der Waals surface area contributed by atoms with Gasteiger partial charge in [0.1, 0.15) is 23.9 Å². The summed E-state index contributed by atoms with van der Waals surface area (Å²) in [6.07, 6.45) is 6.90. The minimum Gasteiger partial charge on any atom is -0.390 e. The Kier molecular flexibility index (Phi) is 4.57. The van der Waals surface area contributed by atoms with Gasteiger partial charge >= 0.3 is 0 Å². The minimum absolute atomic E-state index is 0.0512. The van der Waals surface area contributed by atoms with E-state index in [1.54, 1.807) is 6.20 Å². The molecule has 0 radical (unpaired) electrons. The van der Waals surface area contributed by atoms with Crippen molar-refractivity contribution in [3.8, 4) is 0 Å². The second-order valence-corrected chi connectivity index (χ2v) is 6.98. The lowest BCUT2D eigenvalue weighted by molar-refractivity contribution is 0.00510. The maximum absolute atomic E-state index is 10.6. The Labute approximate surface area is 151 Å². The van der Waals surface area contributed by atoms with Crippen molar-refractivity contribution in [2.45, 2.75) is 43.9 Å². The van der Waals surface area contributed by atoms with E-state index in [-0.39, 0.29) is 12.0 Å². The van der Waals surface area contributed by atoms with Crippen molar-refractivity contribution in [3.05, 3.63) is 48.7 Å². The topological polar surface area (TPSA) is 110 Å². The van der Waals surface area contributed by atoms with E-state index in [1.165, 1.54) is 6.33 Å². The van der Waals surface area contributed by atoms with E-state index < -0.39 is 12.2 Å². The quantitative estimate of drug-likeness (QED) is 0.644. The van der Waals surface area contributed by atoms with Crippen LogP contribution in [0.2, 0.25) is 0 Å². The fraction of sp³-hybridized carbons (Fsp3) is 0.421. The summed E-state index contributed by atoms with van der Waals surface area (Å²) in [5.41, 5.74) is 7.65. The highest BCUT2D eigenvalue weighted by Crippen LogP contribution is 2.39. The molecule has 4 N–H and O–H groups in total. The summed E-state index contributed by atoms with van der Waals surface area (Å²) < 4.78 is 1.92. The summed E-state index contributed by atoms with van der Waals surface area (Å²) in [6.45, 7) is 0. The fourth-order valence-electron chi connectivity index (χ4n) is 4.01. The number of aromatic nitrogens is 4. The first kappa shape index (κ1) is 16.9. The van der Waals surface area contributed by atoms with E-state index >= 15 is 0 Å². The van der Waals surface area contributed by atoms with E-state index in [4.69, 9.17) is 5.73 Å². The molecule has 3 aromatic heterocycles. The van der Waals surface area contributed by atoms with E-state index in [2.05, 4.69) is 15.0 Å². The van der Waals surface area contributed by atoms with Crippen LogP contribution in [-0.2, 0) is 6.42 Å². The molecule has 7 heteroatoms. The van der Waals surface area contributed by atoms with Crippen LogP contribution in [0.3, 0.4) is 0 Å². The van der Waals surface area contributed by atoms with Crippen molar-refractivity contribution in [2.75, 3.05) is 5.73 Å². The van der Waals surface area contributed by atoms with Gasteiger partial charge in [-0.2, -0.15) is 0 Å². The molecule has 7 nitrogen and oxygen atoms in total. The van der Waals surface area contributed by atoms with Gasteiger partial charge < -0.3 is 20.5 Å². The predicted molar refractivity (Wildman–Crippen MR) is 98.3 cm³/mol. The van der Waals surface area contributed by atoms with Crippen molar-refractivity contribution in [2.24, 2.45) is 5.92 Å². The number of aliphatic hydroxyl groups is 2. The second kappa shape index (κ2) is 7.01. The van der Waals surface area contributed by atoms with Crippen molar-refractivity contribution in [1.29, 1.82) is 0 Å². The van der Waals surface area contributed by atoms with Crippen LogP contribution in [-0.4, -0.2) is 41.9 Å². The monoisotopic (exact) mass is 353 g/mol. The highest BCUT2D eigenvalue weighted by atomic mass is 16.3. The molecule has 0 aliphatic heterocycles. The van der Waals surface area contributed by atoms with Gasteiger partial charge in [-0.15, -0.1) is 0 Å². The zero-order chi connectivity index (χ0) is 18.1. The van der Waals surface area contributed by atoms with Gasteiger partial charge in [-0.3, -0.25) is 4.98 Å². The Morgan fingerprint density at radius 1 is 1.12 bits per heavy atom. The molecule has 1 saturated carbocycles. The van der Waals surface area contributed by atoms with Gasteiger partial charge in [0.2, 0.25) is 0 Å². The van der Waals surface area contributed by atoms with Crippen molar-refractivity contribution in [3.63, 3.8) is 0 Å². The number of aryl methyl sites for hydroxylation is 1. The highest BCUT2D eigenvalue weighted by molar-refractivity contribution is 5.86. The van der Waals surface area contributed by atoms with E-state index in [1.807, 2.05) is 35.0 Å². The number of nitrogens with zero attached hydrogens (tertiary/aromatic N) is 4. The third-order valence-corrected chi connectivity index (χ3v) is 5.40. The van der Waals surface area contributed by atoms with Gasteiger partial charge in [-0.25, -0.2) is 9.97 Å². The number of hydrogen-bond donors (Lipinski definition) is 3. The largest absolute Gasteiger partial charge is 0.390 e. The first-order valence-corrected chi connectivity index (χ1v) is 8.98. The molecule has 1 aliphatic rings. The Bertz CT molecular complexity index is 882. The molecular formula is C19H23N5O2. The molecule has 3 heterocycles. The van der Waals surface area contributed by atoms with Crippen LogP contribution in [0.25, 0.3) is 11.0 Å². The van der Waals surface area contributed by atoms with Gasteiger partial charge in [0.15, 0.2) is 0 Å². The number of fused-ring (bicyclic) bond motifs is 1. The molecule has 4 atom stereocenters. The number of aliphatic hydroxyl groups excluding tert-OH is 2. The van der Waals surface area contributed by atoms with Crippen molar-refractivity contribution >= 4 is 16.9 Å². The smallest absolute Gasteiger partial charge is 0.145 e. The number of nitrogens with two attached hydrogens (primary N) is 1. The summed E-state index contributed by atoms with van der Waals surface area (Å²) in [7, 11) is 0. The maximum atomic E-state index is 10.6. The minimum atomic E-state index is -0.818. The first-order valence-electron chi connectivity index (χ1n) is 8.98. The molecular weight excluding hydrogens is 330 g/mol. The summed E-state index contributed by atoms with van der Waals surface area (Å²) in [4.78, 5) is 12.6. The van der Waals surface area contributed by atoms with Crippen LogP contribution in [0, 0.1) is 5.92 Å². The Balaban J connectivity index is 1.46. The Morgan fingerprint density at radius 2 is 2.00 bits per heavy atom. The first-order chi connectivity index (χ1) is 12.6. The van der Waals surface area contributed by atoms with E-state index in [9.17, 15) is 10.2 Å². The Hall–Kier alpha value is -2.51. The zero-order valence-corrected chi connectivity index (χ0v) is 14.4. The molecule has 0 spiro atoms. The van der Waals surface area contributed by atoms with Gasteiger partial charge in [-0.1, -0.05) is 6.07 Å². The third-order valence-electron chi connectivity index (χ3n) is 5.40. The van der Waals surface area contributed by atoms with Crippen LogP contribution < -0.4 is 5.73 Å². The number of anilines is 1. The number of nitrogen functional groups attached to an aromatic ring is 1. The molecule has 0 aromatic carbocycles. The molecule has 1 fully saturated rings. The van der Waals surface area contributed by atoms with Gasteiger partial charge in [0, 0.05) is 18.1 Å². The third kappa shape index (κ3) is 3.04. The molecule has 1 aliphatic carbocycles. The van der Waals surface area contributed by atoms with Gasteiger partial charge in [0.05, 0.1) is 17.5 Å². The second-order valence-electron chi connectivity index (χ2n) is 6.98. The number of pyridine rings is 1. The molecule has 26 heavy (non-hydrogen) atoms.